The summed E-state index contributed by atoms with van der Waals surface area (Å²) in [6.45, 7) is 0. The van der Waals surface area contributed by atoms with E-state index < -0.39 is 5.97 Å². The van der Waals surface area contributed by atoms with E-state index >= 15 is 0 Å². The number of pyridine rings is 1. The molecule has 1 aromatic heterocycles. The van der Waals surface area contributed by atoms with E-state index in [1.807, 2.05) is 0 Å². The summed E-state index contributed by atoms with van der Waals surface area (Å²) in [4.78, 5) is 15.6. The smallest absolute Gasteiger partial charge is 0.338 e. The number of benzene rings is 1. The van der Waals surface area contributed by atoms with Gasteiger partial charge in [-0.2, -0.15) is 0 Å². The van der Waals surface area contributed by atoms with Gasteiger partial charge in [-0.05, 0) is 29.8 Å². The van der Waals surface area contributed by atoms with E-state index in [0.717, 1.165) is 5.56 Å². The molecule has 0 unspecified atom stereocenters. The lowest BCUT2D eigenvalue weighted by atomic mass is 10.0. The number of nitrogens with zero attached hydrogens (tertiary/aromatic N) is 1. The number of phenolic OH excluding ortho intramolecular Hbond substituents is 1. The van der Waals surface area contributed by atoms with Crippen LogP contribution in [0.1, 0.15) is 10.4 Å². The molecule has 0 atom stereocenters. The molecule has 0 bridgehead atoms. The molecule has 2 rings (SSSR count). The number of rotatable bonds is 3. The van der Waals surface area contributed by atoms with Crippen molar-refractivity contribution in [2.45, 2.75) is 0 Å². The maximum Gasteiger partial charge on any atom is 0.338 e. The van der Waals surface area contributed by atoms with E-state index in [1.54, 1.807) is 30.5 Å². The number of hydrogen-bond donors (Lipinski definition) is 1. The molecule has 98 valence electrons. The molecule has 2 aromatic rings. The van der Waals surface area contributed by atoms with E-state index in [9.17, 15) is 9.90 Å². The minimum atomic E-state index is -0.501. The van der Waals surface area contributed by atoms with E-state index in [4.69, 9.17) is 4.74 Å². The van der Waals surface area contributed by atoms with Crippen LogP contribution in [0.5, 0.6) is 11.6 Å². The zero-order valence-corrected chi connectivity index (χ0v) is 10.6. The van der Waals surface area contributed by atoms with Gasteiger partial charge in [0, 0.05) is 17.8 Å². The topological polar surface area (TPSA) is 68.7 Å². The second-order valence-electron chi connectivity index (χ2n) is 3.85. The van der Waals surface area contributed by atoms with Crippen LogP contribution in [0, 0.1) is 0 Å². The predicted molar refractivity (Wildman–Crippen MR) is 69.2 cm³/mol. The number of esters is 1. The van der Waals surface area contributed by atoms with Crippen LogP contribution in [0.4, 0.5) is 0 Å². The molecule has 0 radical (unpaired) electrons. The first kappa shape index (κ1) is 12.9. The second-order valence-corrected chi connectivity index (χ2v) is 3.85. The molecule has 19 heavy (non-hydrogen) atoms. The Kier molecular flexibility index (Phi) is 3.66. The van der Waals surface area contributed by atoms with E-state index in [0.29, 0.717) is 11.4 Å². The van der Waals surface area contributed by atoms with E-state index in [1.165, 1.54) is 20.3 Å². The first-order valence-corrected chi connectivity index (χ1v) is 5.57. The number of aromatic hydroxyl groups is 1. The molecule has 1 aromatic carbocycles. The predicted octanol–water partition coefficient (Wildman–Crippen LogP) is 2.25. The zero-order valence-electron chi connectivity index (χ0n) is 10.6. The first-order chi connectivity index (χ1) is 9.13. The first-order valence-electron chi connectivity index (χ1n) is 5.57. The fraction of sp³-hybridized carbons (Fsp3) is 0.143. The molecule has 0 saturated heterocycles. The fourth-order valence-corrected chi connectivity index (χ4v) is 1.69. The molecule has 1 heterocycles. The third-order valence-corrected chi connectivity index (χ3v) is 2.62. The van der Waals surface area contributed by atoms with Crippen molar-refractivity contribution >= 4 is 5.97 Å². The van der Waals surface area contributed by atoms with Crippen molar-refractivity contribution in [1.82, 2.24) is 4.98 Å². The zero-order chi connectivity index (χ0) is 13.8. The molecular weight excluding hydrogens is 246 g/mol. The largest absolute Gasteiger partial charge is 0.508 e. The molecule has 0 amide bonds. The summed E-state index contributed by atoms with van der Waals surface area (Å²) in [5.74, 6) is -0.00978. The van der Waals surface area contributed by atoms with E-state index in [2.05, 4.69) is 9.72 Å². The molecule has 0 aliphatic carbocycles. The van der Waals surface area contributed by atoms with Crippen LogP contribution >= 0.6 is 0 Å². The summed E-state index contributed by atoms with van der Waals surface area (Å²) in [7, 11) is 2.83. The monoisotopic (exact) mass is 259 g/mol. The van der Waals surface area contributed by atoms with Crippen molar-refractivity contribution in [3.05, 3.63) is 42.1 Å². The Hall–Kier alpha value is -2.56. The average Bonchev–Trinajstić information content (AvgIpc) is 2.45. The highest BCUT2D eigenvalue weighted by molar-refractivity contribution is 5.91. The number of methoxy groups -OCH3 is 2. The number of carbonyl (C=O) groups is 1. The summed E-state index contributed by atoms with van der Waals surface area (Å²) in [6.07, 6.45) is 1.61. The van der Waals surface area contributed by atoms with Gasteiger partial charge in [-0.25, -0.2) is 9.78 Å². The third kappa shape index (κ3) is 2.82. The van der Waals surface area contributed by atoms with Crippen LogP contribution in [0.15, 0.2) is 36.5 Å². The van der Waals surface area contributed by atoms with Gasteiger partial charge in [-0.1, -0.05) is 0 Å². The van der Waals surface area contributed by atoms with Gasteiger partial charge in [0.1, 0.15) is 5.75 Å². The second kappa shape index (κ2) is 5.39. The van der Waals surface area contributed by atoms with Crippen LogP contribution in [0.3, 0.4) is 0 Å². The van der Waals surface area contributed by atoms with Gasteiger partial charge in [-0.3, -0.25) is 0 Å². The summed E-state index contributed by atoms with van der Waals surface area (Å²) >= 11 is 0. The molecule has 0 saturated carbocycles. The number of carbonyl (C=O) groups excluding carboxylic acids is 1. The Morgan fingerprint density at radius 3 is 2.53 bits per heavy atom. The van der Waals surface area contributed by atoms with Crippen LogP contribution in [-0.2, 0) is 4.74 Å². The molecule has 5 heteroatoms. The highest BCUT2D eigenvalue weighted by Gasteiger charge is 2.10. The van der Waals surface area contributed by atoms with Crippen molar-refractivity contribution < 1.29 is 19.4 Å². The molecular formula is C14H13NO4. The van der Waals surface area contributed by atoms with Crippen molar-refractivity contribution in [2.75, 3.05) is 14.2 Å². The standard InChI is InChI=1S/C14H13NO4/c1-18-13-4-3-9(8-15-13)10-5-11(14(17)19-2)7-12(16)6-10/h3-8,16H,1-2H3. The fourth-order valence-electron chi connectivity index (χ4n) is 1.69. The number of aromatic nitrogens is 1. The minimum absolute atomic E-state index is 0.00582. The Labute approximate surface area is 110 Å². The van der Waals surface area contributed by atoms with Gasteiger partial charge in [0.15, 0.2) is 0 Å². The Balaban J connectivity index is 2.43. The number of ether oxygens (including phenoxy) is 2. The highest BCUT2D eigenvalue weighted by atomic mass is 16.5. The summed E-state index contributed by atoms with van der Waals surface area (Å²) in [5.41, 5.74) is 1.73. The number of hydrogen-bond acceptors (Lipinski definition) is 5. The van der Waals surface area contributed by atoms with E-state index in [-0.39, 0.29) is 11.3 Å². The van der Waals surface area contributed by atoms with Gasteiger partial charge in [-0.15, -0.1) is 0 Å². The van der Waals surface area contributed by atoms with Gasteiger partial charge < -0.3 is 14.6 Å². The molecule has 5 nitrogen and oxygen atoms in total. The summed E-state index contributed by atoms with van der Waals surface area (Å²) in [5, 5.41) is 9.65. The Morgan fingerprint density at radius 2 is 1.95 bits per heavy atom. The Bertz CT molecular complexity index is 593. The maximum atomic E-state index is 11.5. The van der Waals surface area contributed by atoms with Gasteiger partial charge in [0.2, 0.25) is 5.88 Å². The normalized spacial score (nSPS) is 10.0. The third-order valence-electron chi connectivity index (χ3n) is 2.62. The van der Waals surface area contributed by atoms with Crippen LogP contribution < -0.4 is 4.74 Å². The number of phenols is 1. The quantitative estimate of drug-likeness (QED) is 0.856. The summed E-state index contributed by atoms with van der Waals surface area (Å²) in [6, 6.07) is 8.04. The van der Waals surface area contributed by atoms with Crippen molar-refractivity contribution in [2.24, 2.45) is 0 Å². The highest BCUT2D eigenvalue weighted by Crippen LogP contribution is 2.26. The van der Waals surface area contributed by atoms with Crippen molar-refractivity contribution in [3.63, 3.8) is 0 Å². The summed E-state index contributed by atoms with van der Waals surface area (Å²) < 4.78 is 9.61. The van der Waals surface area contributed by atoms with Crippen LogP contribution in [-0.4, -0.2) is 30.3 Å². The minimum Gasteiger partial charge on any atom is -0.508 e. The van der Waals surface area contributed by atoms with Gasteiger partial charge in [0.25, 0.3) is 0 Å². The van der Waals surface area contributed by atoms with Crippen LogP contribution in [0.2, 0.25) is 0 Å². The molecule has 0 fully saturated rings. The molecule has 0 aliphatic rings. The lowest BCUT2D eigenvalue weighted by Gasteiger charge is -2.06. The lowest BCUT2D eigenvalue weighted by molar-refractivity contribution is 0.0600. The van der Waals surface area contributed by atoms with Crippen molar-refractivity contribution in [3.8, 4) is 22.8 Å². The average molecular weight is 259 g/mol. The lowest BCUT2D eigenvalue weighted by Crippen LogP contribution is -2.01. The van der Waals surface area contributed by atoms with Gasteiger partial charge in [0.05, 0.1) is 19.8 Å². The molecule has 1 N–H and O–H groups in total. The van der Waals surface area contributed by atoms with Gasteiger partial charge >= 0.3 is 5.97 Å². The molecule has 0 spiro atoms. The maximum absolute atomic E-state index is 11.5. The Morgan fingerprint density at radius 1 is 1.16 bits per heavy atom. The van der Waals surface area contributed by atoms with Crippen LogP contribution in [0.25, 0.3) is 11.1 Å². The van der Waals surface area contributed by atoms with Crippen molar-refractivity contribution in [1.29, 1.82) is 0 Å². The SMILES string of the molecule is COC(=O)c1cc(O)cc(-c2ccc(OC)nc2)c1. The molecule has 0 aliphatic heterocycles.